The molecule has 6 heteroatoms. The van der Waals surface area contributed by atoms with Crippen molar-refractivity contribution in [1.29, 1.82) is 0 Å². The lowest BCUT2D eigenvalue weighted by atomic mass is 10.2. The predicted molar refractivity (Wildman–Crippen MR) is 88.7 cm³/mol. The Kier molecular flexibility index (Phi) is 4.21. The molecule has 0 N–H and O–H groups in total. The third kappa shape index (κ3) is 3.24. The van der Waals surface area contributed by atoms with Crippen LogP contribution in [0.4, 0.5) is 4.39 Å². The van der Waals surface area contributed by atoms with Crippen LogP contribution in [0.2, 0.25) is 5.02 Å². The van der Waals surface area contributed by atoms with E-state index in [-0.39, 0.29) is 12.4 Å². The largest absolute Gasteiger partial charge is 0.248 e. The lowest BCUT2D eigenvalue weighted by Crippen LogP contribution is -2.03. The van der Waals surface area contributed by atoms with Crippen molar-refractivity contribution in [2.45, 2.75) is 6.54 Å². The third-order valence-corrected chi connectivity index (χ3v) is 4.09. The molecule has 3 rings (SSSR count). The van der Waals surface area contributed by atoms with Gasteiger partial charge >= 0.3 is 0 Å². The maximum Gasteiger partial charge on any atom is 0.181 e. The third-order valence-electron chi connectivity index (χ3n) is 3.02. The molecule has 0 amide bonds. The van der Waals surface area contributed by atoms with Crippen molar-refractivity contribution >= 4 is 34.2 Å². The van der Waals surface area contributed by atoms with Gasteiger partial charge in [0, 0.05) is 19.7 Å². The summed E-state index contributed by atoms with van der Waals surface area (Å²) in [5, 5.41) is 4.76. The highest BCUT2D eigenvalue weighted by molar-refractivity contribution is 14.1. The Labute approximate surface area is 139 Å². The molecular weight excluding hydrogens is 404 g/mol. The molecule has 106 valence electrons. The minimum absolute atomic E-state index is 0.253. The summed E-state index contributed by atoms with van der Waals surface area (Å²) in [6.45, 7) is 0.253. The molecule has 0 aliphatic carbocycles. The Balaban J connectivity index is 1.87. The van der Waals surface area contributed by atoms with Crippen LogP contribution in [0, 0.1) is 9.39 Å². The first-order valence-corrected chi connectivity index (χ1v) is 7.67. The molecule has 0 fully saturated rings. The van der Waals surface area contributed by atoms with Crippen LogP contribution in [0.5, 0.6) is 0 Å². The van der Waals surface area contributed by atoms with Gasteiger partial charge in [0.25, 0.3) is 0 Å². The van der Waals surface area contributed by atoms with Crippen molar-refractivity contribution in [2.75, 3.05) is 0 Å². The van der Waals surface area contributed by atoms with E-state index >= 15 is 0 Å². The van der Waals surface area contributed by atoms with Gasteiger partial charge < -0.3 is 0 Å². The predicted octanol–water partition coefficient (Wildman–Crippen LogP) is 4.39. The fourth-order valence-electron chi connectivity index (χ4n) is 1.95. The molecule has 2 aromatic carbocycles. The van der Waals surface area contributed by atoms with E-state index in [0.717, 1.165) is 9.13 Å². The highest BCUT2D eigenvalue weighted by Gasteiger charge is 2.10. The zero-order valence-corrected chi connectivity index (χ0v) is 13.7. The maximum absolute atomic E-state index is 13.8. The summed E-state index contributed by atoms with van der Waals surface area (Å²) in [6, 6.07) is 12.5. The van der Waals surface area contributed by atoms with Gasteiger partial charge in [-0.15, -0.1) is 0 Å². The van der Waals surface area contributed by atoms with Gasteiger partial charge in [-0.05, 0) is 46.9 Å². The Morgan fingerprint density at radius 2 is 1.90 bits per heavy atom. The van der Waals surface area contributed by atoms with Crippen molar-refractivity contribution in [3.05, 3.63) is 68.8 Å². The summed E-state index contributed by atoms with van der Waals surface area (Å²) in [4.78, 5) is 4.26. The topological polar surface area (TPSA) is 30.7 Å². The summed E-state index contributed by atoms with van der Waals surface area (Å²) in [5.74, 6) is 0.271. The van der Waals surface area contributed by atoms with Crippen LogP contribution in [-0.4, -0.2) is 14.8 Å². The Hall–Kier alpha value is -1.47. The monoisotopic (exact) mass is 413 g/mol. The maximum atomic E-state index is 13.8. The number of hydrogen-bond donors (Lipinski definition) is 0. The molecule has 0 bridgehead atoms. The highest BCUT2D eigenvalue weighted by atomic mass is 127. The van der Waals surface area contributed by atoms with Crippen LogP contribution in [0.3, 0.4) is 0 Å². The molecular formula is C15H10ClFIN3. The smallest absolute Gasteiger partial charge is 0.181 e. The van der Waals surface area contributed by atoms with Gasteiger partial charge in [-0.2, -0.15) is 5.10 Å². The minimum atomic E-state index is -0.339. The van der Waals surface area contributed by atoms with Crippen molar-refractivity contribution in [3.8, 4) is 11.4 Å². The van der Waals surface area contributed by atoms with Gasteiger partial charge in [0.15, 0.2) is 5.82 Å². The zero-order chi connectivity index (χ0) is 14.8. The van der Waals surface area contributed by atoms with E-state index in [1.54, 1.807) is 23.1 Å². The molecule has 1 aromatic heterocycles. The number of nitrogens with zero attached hydrogens (tertiary/aromatic N) is 3. The van der Waals surface area contributed by atoms with Crippen molar-refractivity contribution in [3.63, 3.8) is 0 Å². The van der Waals surface area contributed by atoms with Crippen LogP contribution in [0.1, 0.15) is 5.56 Å². The van der Waals surface area contributed by atoms with Crippen molar-refractivity contribution < 1.29 is 4.39 Å². The minimum Gasteiger partial charge on any atom is -0.248 e. The van der Waals surface area contributed by atoms with Gasteiger partial charge in [0.2, 0.25) is 0 Å². The van der Waals surface area contributed by atoms with Crippen LogP contribution < -0.4 is 0 Å². The second-order valence-corrected chi connectivity index (χ2v) is 6.13. The summed E-state index contributed by atoms with van der Waals surface area (Å²) in [7, 11) is 0. The fraction of sp³-hybridized carbons (Fsp3) is 0.0667. The van der Waals surface area contributed by atoms with Gasteiger partial charge in [-0.3, -0.25) is 0 Å². The summed E-state index contributed by atoms with van der Waals surface area (Å²) in [6.07, 6.45) is 1.58. The average Bonchev–Trinajstić information content (AvgIpc) is 2.92. The molecule has 21 heavy (non-hydrogen) atoms. The van der Waals surface area contributed by atoms with Gasteiger partial charge in [0.05, 0.1) is 6.54 Å². The zero-order valence-electron chi connectivity index (χ0n) is 10.8. The van der Waals surface area contributed by atoms with E-state index < -0.39 is 0 Å². The number of hydrogen-bond acceptors (Lipinski definition) is 2. The lowest BCUT2D eigenvalue weighted by molar-refractivity contribution is 0.585. The van der Waals surface area contributed by atoms with Crippen molar-refractivity contribution in [1.82, 2.24) is 14.8 Å². The molecule has 0 unspecified atom stereocenters. The quantitative estimate of drug-likeness (QED) is 0.596. The van der Waals surface area contributed by atoms with Crippen LogP contribution in [0.15, 0.2) is 48.8 Å². The van der Waals surface area contributed by atoms with Gasteiger partial charge in [-0.1, -0.05) is 29.8 Å². The van der Waals surface area contributed by atoms with E-state index in [9.17, 15) is 4.39 Å². The van der Waals surface area contributed by atoms with E-state index in [1.807, 2.05) is 24.3 Å². The SMILES string of the molecule is Fc1cccc(Cl)c1Cn1cnc(-c2ccc(I)cc2)n1. The summed E-state index contributed by atoms with van der Waals surface area (Å²) in [5.41, 5.74) is 1.34. The van der Waals surface area contributed by atoms with Gasteiger partial charge in [-0.25, -0.2) is 14.1 Å². The lowest BCUT2D eigenvalue weighted by Gasteiger charge is -2.05. The van der Waals surface area contributed by atoms with Crippen molar-refractivity contribution in [2.24, 2.45) is 0 Å². The number of benzene rings is 2. The first kappa shape index (κ1) is 14.5. The van der Waals surface area contributed by atoms with Crippen LogP contribution in [-0.2, 0) is 6.54 Å². The normalized spacial score (nSPS) is 10.8. The average molecular weight is 414 g/mol. The second kappa shape index (κ2) is 6.11. The number of aromatic nitrogens is 3. The van der Waals surface area contributed by atoms with E-state index in [4.69, 9.17) is 11.6 Å². The Morgan fingerprint density at radius 3 is 2.62 bits per heavy atom. The molecule has 0 radical (unpaired) electrons. The first-order valence-electron chi connectivity index (χ1n) is 6.22. The standard InChI is InChI=1S/C15H10ClFIN3/c16-13-2-1-3-14(17)12(13)8-21-9-19-15(20-21)10-4-6-11(18)7-5-10/h1-7,9H,8H2. The molecule has 0 aliphatic heterocycles. The van der Waals surface area contributed by atoms with E-state index in [1.165, 1.54) is 6.07 Å². The fourth-order valence-corrected chi connectivity index (χ4v) is 2.53. The van der Waals surface area contributed by atoms with Crippen LogP contribution in [0.25, 0.3) is 11.4 Å². The molecule has 1 heterocycles. The highest BCUT2D eigenvalue weighted by Crippen LogP contribution is 2.21. The number of halogens is 3. The number of rotatable bonds is 3. The van der Waals surface area contributed by atoms with Gasteiger partial charge in [0.1, 0.15) is 12.1 Å². The molecule has 0 atom stereocenters. The summed E-state index contributed by atoms with van der Waals surface area (Å²) >= 11 is 8.26. The van der Waals surface area contributed by atoms with E-state index in [0.29, 0.717) is 16.4 Å². The molecule has 3 aromatic rings. The summed E-state index contributed by atoms with van der Waals surface area (Å²) < 4.78 is 16.5. The van der Waals surface area contributed by atoms with E-state index in [2.05, 4.69) is 32.7 Å². The molecule has 3 nitrogen and oxygen atoms in total. The first-order chi connectivity index (χ1) is 10.1. The Morgan fingerprint density at radius 1 is 1.14 bits per heavy atom. The van der Waals surface area contributed by atoms with Crippen LogP contribution >= 0.6 is 34.2 Å². The molecule has 0 aliphatic rings. The molecule has 0 saturated heterocycles. The second-order valence-electron chi connectivity index (χ2n) is 4.47. The molecule has 0 spiro atoms. The molecule has 0 saturated carbocycles. The Bertz CT molecular complexity index is 751.